The highest BCUT2D eigenvalue weighted by molar-refractivity contribution is 5.69. The van der Waals surface area contributed by atoms with Gasteiger partial charge in [0, 0.05) is 19.6 Å². The summed E-state index contributed by atoms with van der Waals surface area (Å²) in [5.74, 6) is 10.1. The Bertz CT molecular complexity index is 1630. The van der Waals surface area contributed by atoms with Gasteiger partial charge in [-0.05, 0) is 266 Å². The van der Waals surface area contributed by atoms with Crippen molar-refractivity contribution in [3.8, 4) is 0 Å². The molecule has 10 fully saturated rings. The highest BCUT2D eigenvalue weighted by atomic mass is 16.5. The Morgan fingerprint density at radius 1 is 0.551 bits per heavy atom. The van der Waals surface area contributed by atoms with E-state index in [1.165, 1.54) is 123 Å². The number of methoxy groups -OCH3 is 1. The zero-order valence-electron chi connectivity index (χ0n) is 45.1. The Hall–Kier alpha value is -0.690. The minimum Gasteiger partial charge on any atom is -0.469 e. The van der Waals surface area contributed by atoms with E-state index in [0.717, 1.165) is 149 Å². The molecule has 6 heteroatoms. The molecule has 9 saturated carbocycles. The molecule has 3 N–H and O–H groups in total. The van der Waals surface area contributed by atoms with Gasteiger partial charge in [-0.2, -0.15) is 0 Å². The third-order valence-electron chi connectivity index (χ3n) is 24.7. The Morgan fingerprint density at radius 3 is 1.36 bits per heavy atom. The fourth-order valence-corrected chi connectivity index (χ4v) is 20.0. The maximum Gasteiger partial charge on any atom is 0.305 e. The van der Waals surface area contributed by atoms with Crippen LogP contribution in [0.5, 0.6) is 0 Å². The van der Waals surface area contributed by atoms with Gasteiger partial charge >= 0.3 is 5.97 Å². The second-order valence-corrected chi connectivity index (χ2v) is 27.7. The summed E-state index contributed by atoms with van der Waals surface area (Å²) >= 11 is 0. The third kappa shape index (κ3) is 11.5. The highest BCUT2D eigenvalue weighted by Crippen LogP contribution is 2.71. The van der Waals surface area contributed by atoms with E-state index in [1.54, 1.807) is 0 Å². The topological polar surface area (TPSA) is 96.2 Å². The number of ether oxygens (including phenoxy) is 2. The largest absolute Gasteiger partial charge is 0.469 e. The van der Waals surface area contributed by atoms with Gasteiger partial charge in [-0.15, -0.1) is 0 Å². The van der Waals surface area contributed by atoms with Crippen LogP contribution in [0.3, 0.4) is 0 Å². The second-order valence-electron chi connectivity index (χ2n) is 27.7. The van der Waals surface area contributed by atoms with Crippen molar-refractivity contribution >= 4 is 5.97 Å². The Balaban J connectivity index is 0.000000200. The summed E-state index contributed by atoms with van der Waals surface area (Å²) in [7, 11) is 1.50. The molecule has 69 heavy (non-hydrogen) atoms. The van der Waals surface area contributed by atoms with Crippen molar-refractivity contribution < 1.29 is 29.6 Å². The summed E-state index contributed by atoms with van der Waals surface area (Å²) in [5, 5.41) is 32.3. The lowest BCUT2D eigenvalue weighted by atomic mass is 9.43. The average Bonchev–Trinajstić information content (AvgIpc) is 3.68. The van der Waals surface area contributed by atoms with Crippen LogP contribution in [0, 0.1) is 92.7 Å². The van der Waals surface area contributed by atoms with Gasteiger partial charge in [0.05, 0.1) is 23.9 Å². The molecule has 0 aromatic heterocycles. The van der Waals surface area contributed by atoms with Crippen LogP contribution in [0.1, 0.15) is 263 Å². The third-order valence-corrected chi connectivity index (χ3v) is 24.7. The van der Waals surface area contributed by atoms with E-state index in [0.29, 0.717) is 34.0 Å². The van der Waals surface area contributed by atoms with Crippen LogP contribution >= 0.6 is 0 Å². The molecular weight excluding hydrogens is 853 g/mol. The van der Waals surface area contributed by atoms with E-state index < -0.39 is 5.60 Å². The number of carbonyl (C=O) groups excluding carboxylic acids is 1. The normalized spacial score (nSPS) is 46.3. The lowest BCUT2D eigenvalue weighted by molar-refractivity contribution is -0.152. The molecule has 9 aliphatic carbocycles. The standard InChI is InChI=1S/C29H50O2.C28H48O3.C4H8O.2CH4/c1-5-28(30)16-15-26(3)21(19-28)8-9-22-24-11-10-23(27(24,4)14-12-25(22)26)20(2)7-6-13-29(31)17-18-29;1-6-28(30)17-16-26(3)20(18-28)10-11-21-23-13-12-22(27(23,4)15-14-24(21)26)19(2)8-7-9-25(29)31-5;1-2-4-5-3-1;;/h20-25,30-31H,5-19H2,1-4H3;19-24,30H,6-18H2,1-5H3;1-4H2;2*1H4/t20-,21+,22+,23-,24+,25+,26+,27-,28+;19-,20+,21+,22-,23+,24+,26+,27-,28+;;;/m11.../s1. The van der Waals surface area contributed by atoms with Gasteiger partial charge in [-0.1, -0.05) is 83.1 Å². The number of hydrogen-bond acceptors (Lipinski definition) is 6. The molecule has 0 bridgehead atoms. The number of carbonyl (C=O) groups is 1. The van der Waals surface area contributed by atoms with Crippen LogP contribution < -0.4 is 0 Å². The van der Waals surface area contributed by atoms with Gasteiger partial charge in [-0.3, -0.25) is 4.79 Å². The predicted octanol–water partition coefficient (Wildman–Crippen LogP) is 16.0. The van der Waals surface area contributed by atoms with Crippen LogP contribution in [0.15, 0.2) is 0 Å². The fraction of sp³-hybridized carbons (Fsp3) is 0.984. The molecule has 0 radical (unpaired) electrons. The molecule has 402 valence electrons. The summed E-state index contributed by atoms with van der Waals surface area (Å²) < 4.78 is 9.78. The molecule has 0 amide bonds. The summed E-state index contributed by atoms with van der Waals surface area (Å²) in [6.07, 6.45) is 36.4. The summed E-state index contributed by atoms with van der Waals surface area (Å²) in [4.78, 5) is 11.5. The van der Waals surface area contributed by atoms with Crippen molar-refractivity contribution in [3.05, 3.63) is 0 Å². The molecule has 10 rings (SSSR count). The zero-order chi connectivity index (χ0) is 48.0. The van der Waals surface area contributed by atoms with Crippen molar-refractivity contribution in [2.75, 3.05) is 20.3 Å². The number of rotatable bonds is 12. The molecule has 18 atom stereocenters. The molecule has 0 aromatic rings. The molecule has 10 aliphatic rings. The minimum atomic E-state index is -0.391. The summed E-state index contributed by atoms with van der Waals surface area (Å²) in [6, 6.07) is 0. The second kappa shape index (κ2) is 22.7. The van der Waals surface area contributed by atoms with Crippen molar-refractivity contribution in [1.82, 2.24) is 0 Å². The Labute approximate surface area is 426 Å². The average molecular weight is 968 g/mol. The maximum absolute atomic E-state index is 11.5. The molecular formula is C63H114O6. The van der Waals surface area contributed by atoms with Crippen LogP contribution in [0.25, 0.3) is 0 Å². The van der Waals surface area contributed by atoms with Crippen LogP contribution in [0.4, 0.5) is 0 Å². The first kappa shape index (κ1) is 57.6. The smallest absolute Gasteiger partial charge is 0.305 e. The zero-order valence-corrected chi connectivity index (χ0v) is 45.1. The molecule has 1 aliphatic heterocycles. The first-order valence-electron chi connectivity index (χ1n) is 29.6. The van der Waals surface area contributed by atoms with Crippen molar-refractivity contribution in [1.29, 1.82) is 0 Å². The van der Waals surface area contributed by atoms with Gasteiger partial charge in [0.15, 0.2) is 0 Å². The molecule has 1 saturated heterocycles. The van der Waals surface area contributed by atoms with Gasteiger partial charge in [-0.25, -0.2) is 0 Å². The van der Waals surface area contributed by atoms with Gasteiger partial charge in [0.25, 0.3) is 0 Å². The highest BCUT2D eigenvalue weighted by Gasteiger charge is 2.63. The maximum atomic E-state index is 11.5. The van der Waals surface area contributed by atoms with Crippen molar-refractivity contribution in [2.24, 2.45) is 92.7 Å². The van der Waals surface area contributed by atoms with E-state index in [9.17, 15) is 20.1 Å². The van der Waals surface area contributed by atoms with Crippen LogP contribution in [0.2, 0.25) is 0 Å². The Morgan fingerprint density at radius 2 is 0.971 bits per heavy atom. The van der Waals surface area contributed by atoms with Gasteiger partial charge in [0.1, 0.15) is 0 Å². The fourth-order valence-electron chi connectivity index (χ4n) is 20.0. The first-order valence-corrected chi connectivity index (χ1v) is 29.6. The first-order chi connectivity index (χ1) is 31.8. The number of esters is 1. The molecule has 0 spiro atoms. The lowest BCUT2D eigenvalue weighted by Crippen LogP contribution is -2.56. The van der Waals surface area contributed by atoms with Crippen molar-refractivity contribution in [2.45, 2.75) is 280 Å². The van der Waals surface area contributed by atoms with E-state index in [-0.39, 0.29) is 32.0 Å². The quantitative estimate of drug-likeness (QED) is 0.169. The lowest BCUT2D eigenvalue weighted by Gasteiger charge is -2.62. The number of fused-ring (bicyclic) bond motifs is 10. The van der Waals surface area contributed by atoms with Crippen LogP contribution in [-0.2, 0) is 14.3 Å². The summed E-state index contributed by atoms with van der Waals surface area (Å²) in [5.41, 5.74) is 0.954. The van der Waals surface area contributed by atoms with E-state index in [2.05, 4.69) is 55.4 Å². The monoisotopic (exact) mass is 967 g/mol. The summed E-state index contributed by atoms with van der Waals surface area (Å²) in [6.45, 7) is 21.9. The van der Waals surface area contributed by atoms with E-state index in [1.807, 2.05) is 0 Å². The molecule has 1 heterocycles. The molecule has 0 aromatic carbocycles. The minimum absolute atomic E-state index is 0. The van der Waals surface area contributed by atoms with Gasteiger partial charge < -0.3 is 24.8 Å². The molecule has 6 nitrogen and oxygen atoms in total. The van der Waals surface area contributed by atoms with Crippen LogP contribution in [-0.4, -0.2) is 58.4 Å². The van der Waals surface area contributed by atoms with Crippen molar-refractivity contribution in [3.63, 3.8) is 0 Å². The Kier molecular flexibility index (Phi) is 18.9. The van der Waals surface area contributed by atoms with E-state index in [4.69, 9.17) is 9.47 Å². The van der Waals surface area contributed by atoms with Gasteiger partial charge in [0.2, 0.25) is 0 Å². The molecule has 0 unspecified atom stereocenters. The van der Waals surface area contributed by atoms with E-state index >= 15 is 0 Å². The predicted molar refractivity (Wildman–Crippen MR) is 287 cm³/mol. The number of aliphatic hydroxyl groups is 3. The SMILES string of the molecule is C.C.C1CCOC1.CC[C@]1(O)CC[C@@]2(C)[C@@H](CC[C@@H]3[C@@H]2CC[C@]2(C)[C@@H]([C@H](C)CCCC(=O)OC)CC[C@@H]32)C1.CC[C@]1(O)CC[C@@]2(C)[C@@H](CC[C@@H]3[C@@H]2CC[C@]2(C)[C@@H]([C@H](C)CCCC4(O)CC4)CC[C@@H]32)C1. The number of hydrogen-bond donors (Lipinski definition) is 3.